The Kier molecular flexibility index (Phi) is 5.51. The van der Waals surface area contributed by atoms with E-state index in [4.69, 9.17) is 0 Å². The van der Waals surface area contributed by atoms with Gasteiger partial charge >= 0.3 is 6.03 Å². The van der Waals surface area contributed by atoms with E-state index in [-0.39, 0.29) is 12.1 Å². The number of hydrogen-bond acceptors (Lipinski definition) is 3. The molecule has 0 aliphatic carbocycles. The fourth-order valence-corrected chi connectivity index (χ4v) is 2.45. The summed E-state index contributed by atoms with van der Waals surface area (Å²) in [6.07, 6.45) is 4.74. The number of aromatic nitrogens is 2. The summed E-state index contributed by atoms with van der Waals surface area (Å²) in [7, 11) is 0. The average Bonchev–Trinajstić information content (AvgIpc) is 3.06. The average molecular weight is 286 g/mol. The maximum Gasteiger partial charge on any atom is 0.326 e. The second-order valence-electron chi connectivity index (χ2n) is 4.80. The van der Waals surface area contributed by atoms with Crippen LogP contribution >= 0.6 is 0 Å². The van der Waals surface area contributed by atoms with Crippen LogP contribution in [0.15, 0.2) is 49.1 Å². The number of hydrogen-bond donors (Lipinski definition) is 1. The Hall–Kier alpha value is -2.14. The molecule has 1 aromatic heterocycles. The Morgan fingerprint density at radius 2 is 2.00 bits per heavy atom. The van der Waals surface area contributed by atoms with E-state index in [1.54, 1.807) is 12.4 Å². The number of benzene rings is 1. The second-order valence-corrected chi connectivity index (χ2v) is 4.80. The van der Waals surface area contributed by atoms with Gasteiger partial charge in [-0.2, -0.15) is 0 Å². The number of nitrogens with one attached hydrogen (secondary N) is 1. The summed E-state index contributed by atoms with van der Waals surface area (Å²) in [5.74, 6) is 0. The van der Waals surface area contributed by atoms with Crippen molar-refractivity contribution in [2.24, 2.45) is 0 Å². The summed E-state index contributed by atoms with van der Waals surface area (Å²) in [6.45, 7) is 6.73. The summed E-state index contributed by atoms with van der Waals surface area (Å²) in [5.41, 5.74) is 1.21. The highest BCUT2D eigenvalue weighted by molar-refractivity contribution is 5.76. The minimum atomic E-state index is -0.152. The number of carbonyl (C=O) groups excluding carboxylic acids is 1. The molecule has 0 radical (unpaired) electrons. The van der Waals surface area contributed by atoms with Gasteiger partial charge in [0.1, 0.15) is 6.33 Å². The lowest BCUT2D eigenvalue weighted by atomic mass is 10.1. The third kappa shape index (κ3) is 3.92. The van der Waals surface area contributed by atoms with Crippen molar-refractivity contribution in [1.82, 2.24) is 19.8 Å². The predicted molar refractivity (Wildman–Crippen MR) is 83.1 cm³/mol. The van der Waals surface area contributed by atoms with Gasteiger partial charge in [-0.25, -0.2) is 9.78 Å². The van der Waals surface area contributed by atoms with Gasteiger partial charge in [-0.3, -0.25) is 9.47 Å². The van der Waals surface area contributed by atoms with Crippen LogP contribution in [0.4, 0.5) is 4.79 Å². The highest BCUT2D eigenvalue weighted by Crippen LogP contribution is 2.19. The zero-order valence-corrected chi connectivity index (χ0v) is 12.6. The molecule has 21 heavy (non-hydrogen) atoms. The molecule has 1 atom stereocenters. The molecule has 2 rings (SSSR count). The zero-order chi connectivity index (χ0) is 15.1. The highest BCUT2D eigenvalue weighted by Gasteiger charge is 2.18. The van der Waals surface area contributed by atoms with Gasteiger partial charge < -0.3 is 5.32 Å². The van der Waals surface area contributed by atoms with Crippen LogP contribution in [0.1, 0.15) is 25.5 Å². The molecule has 2 aromatic rings. The Morgan fingerprint density at radius 1 is 1.29 bits per heavy atom. The summed E-state index contributed by atoms with van der Waals surface area (Å²) in [4.78, 5) is 18.3. The van der Waals surface area contributed by atoms with Crippen LogP contribution in [0.2, 0.25) is 0 Å². The van der Waals surface area contributed by atoms with E-state index >= 15 is 0 Å². The monoisotopic (exact) mass is 286 g/mol. The van der Waals surface area contributed by atoms with Crippen molar-refractivity contribution >= 4 is 6.03 Å². The summed E-state index contributed by atoms with van der Waals surface area (Å²) >= 11 is 0. The van der Waals surface area contributed by atoms with Crippen LogP contribution in [0.3, 0.4) is 0 Å². The Balaban J connectivity index is 2.08. The molecular weight excluding hydrogens is 264 g/mol. The lowest BCUT2D eigenvalue weighted by Crippen LogP contribution is -2.39. The van der Waals surface area contributed by atoms with Crippen molar-refractivity contribution in [2.75, 3.05) is 19.6 Å². The first-order valence-electron chi connectivity index (χ1n) is 7.31. The number of imidazole rings is 1. The van der Waals surface area contributed by atoms with E-state index in [0.29, 0.717) is 6.54 Å². The highest BCUT2D eigenvalue weighted by atomic mass is 16.2. The molecule has 1 amide bonds. The molecule has 0 unspecified atom stereocenters. The normalized spacial score (nSPS) is 12.3. The van der Waals surface area contributed by atoms with Crippen LogP contribution in [0, 0.1) is 0 Å². The number of rotatable bonds is 6. The molecule has 1 N–H and O–H groups in total. The molecule has 5 heteroatoms. The van der Waals surface area contributed by atoms with E-state index in [2.05, 4.69) is 41.2 Å². The van der Waals surface area contributed by atoms with E-state index in [1.807, 2.05) is 18.2 Å². The van der Waals surface area contributed by atoms with Gasteiger partial charge in [0.2, 0.25) is 0 Å². The Labute approximate surface area is 125 Å². The molecule has 0 aliphatic heterocycles. The van der Waals surface area contributed by atoms with Crippen LogP contribution in [-0.2, 0) is 0 Å². The molecule has 0 bridgehead atoms. The minimum absolute atomic E-state index is 0.152. The predicted octanol–water partition coefficient (Wildman–Crippen LogP) is 2.52. The maximum absolute atomic E-state index is 12.0. The molecular formula is C16H22N4O. The third-order valence-electron chi connectivity index (χ3n) is 3.62. The van der Waals surface area contributed by atoms with E-state index < -0.39 is 0 Å². The number of nitrogens with zero attached hydrogens (tertiary/aromatic N) is 3. The molecule has 112 valence electrons. The molecule has 0 spiro atoms. The zero-order valence-electron chi connectivity index (χ0n) is 12.6. The van der Waals surface area contributed by atoms with Crippen molar-refractivity contribution in [3.05, 3.63) is 54.6 Å². The standard InChI is InChI=1S/C16H22N4O/c1-3-19(4-2)15(14-8-6-5-7-9-14)12-18-16(21)20-11-10-17-13-20/h5-11,13,15H,3-4,12H2,1-2H3,(H,18,21)/t15-/m1/s1. The number of amides is 1. The van der Waals surface area contributed by atoms with Gasteiger partial charge in [0.25, 0.3) is 0 Å². The van der Waals surface area contributed by atoms with Crippen molar-refractivity contribution in [3.63, 3.8) is 0 Å². The molecule has 0 aliphatic rings. The van der Waals surface area contributed by atoms with Crippen molar-refractivity contribution < 1.29 is 4.79 Å². The van der Waals surface area contributed by atoms with Gasteiger partial charge in [-0.05, 0) is 18.7 Å². The SMILES string of the molecule is CCN(CC)[C@H](CNC(=O)n1ccnc1)c1ccccc1. The van der Waals surface area contributed by atoms with Gasteiger partial charge in [-0.15, -0.1) is 0 Å². The van der Waals surface area contributed by atoms with Crippen molar-refractivity contribution in [1.29, 1.82) is 0 Å². The van der Waals surface area contributed by atoms with E-state index in [0.717, 1.165) is 13.1 Å². The maximum atomic E-state index is 12.0. The Bertz CT molecular complexity index is 535. The van der Waals surface area contributed by atoms with Gasteiger partial charge in [-0.1, -0.05) is 44.2 Å². The van der Waals surface area contributed by atoms with Crippen molar-refractivity contribution in [3.8, 4) is 0 Å². The van der Waals surface area contributed by atoms with Gasteiger partial charge in [0.05, 0.1) is 6.04 Å². The van der Waals surface area contributed by atoms with E-state index in [1.165, 1.54) is 16.5 Å². The fraction of sp³-hybridized carbons (Fsp3) is 0.375. The molecule has 0 saturated carbocycles. The molecule has 1 aromatic carbocycles. The number of carbonyl (C=O) groups is 1. The molecule has 1 heterocycles. The van der Waals surface area contributed by atoms with Crippen LogP contribution in [0.25, 0.3) is 0 Å². The molecule has 0 saturated heterocycles. The topological polar surface area (TPSA) is 50.2 Å². The first-order valence-corrected chi connectivity index (χ1v) is 7.31. The summed E-state index contributed by atoms with van der Waals surface area (Å²) in [6, 6.07) is 10.3. The van der Waals surface area contributed by atoms with Crippen LogP contribution in [0.5, 0.6) is 0 Å². The first kappa shape index (κ1) is 15.3. The largest absolute Gasteiger partial charge is 0.335 e. The van der Waals surface area contributed by atoms with Gasteiger partial charge in [0, 0.05) is 18.9 Å². The molecule has 5 nitrogen and oxygen atoms in total. The minimum Gasteiger partial charge on any atom is -0.335 e. The first-order chi connectivity index (χ1) is 10.3. The summed E-state index contributed by atoms with van der Waals surface area (Å²) in [5, 5.41) is 2.98. The Morgan fingerprint density at radius 3 is 2.57 bits per heavy atom. The quantitative estimate of drug-likeness (QED) is 0.887. The molecule has 0 fully saturated rings. The smallest absolute Gasteiger partial charge is 0.326 e. The lowest BCUT2D eigenvalue weighted by molar-refractivity contribution is 0.206. The van der Waals surface area contributed by atoms with Gasteiger partial charge in [0.15, 0.2) is 0 Å². The van der Waals surface area contributed by atoms with Crippen LogP contribution < -0.4 is 5.32 Å². The fourth-order valence-electron chi connectivity index (χ4n) is 2.45. The summed E-state index contributed by atoms with van der Waals surface area (Å²) < 4.78 is 1.45. The number of likely N-dealkylation sites (N-methyl/N-ethyl adjacent to an activating group) is 1. The second kappa shape index (κ2) is 7.59. The third-order valence-corrected chi connectivity index (χ3v) is 3.62. The van der Waals surface area contributed by atoms with Crippen LogP contribution in [-0.4, -0.2) is 40.1 Å². The lowest BCUT2D eigenvalue weighted by Gasteiger charge is -2.30. The van der Waals surface area contributed by atoms with E-state index in [9.17, 15) is 4.79 Å². The van der Waals surface area contributed by atoms with Crippen molar-refractivity contribution in [2.45, 2.75) is 19.9 Å².